The lowest BCUT2D eigenvalue weighted by molar-refractivity contribution is -0.131. The van der Waals surface area contributed by atoms with Crippen LogP contribution in [0.5, 0.6) is 0 Å². The highest BCUT2D eigenvalue weighted by Crippen LogP contribution is 2.11. The molecule has 3 heterocycles. The second kappa shape index (κ2) is 8.39. The topological polar surface area (TPSA) is 55.8 Å². The molecule has 1 aromatic rings. The molecule has 1 amide bonds. The highest BCUT2D eigenvalue weighted by molar-refractivity contribution is 5.76. The molecule has 2 aliphatic heterocycles. The molecule has 0 radical (unpaired) electrons. The lowest BCUT2D eigenvalue weighted by Crippen LogP contribution is -2.50. The van der Waals surface area contributed by atoms with E-state index < -0.39 is 0 Å². The van der Waals surface area contributed by atoms with Gasteiger partial charge in [0, 0.05) is 77.7 Å². The Bertz CT molecular complexity index is 509. The summed E-state index contributed by atoms with van der Waals surface area (Å²) in [4.78, 5) is 30.0. The number of amides is 1. The van der Waals surface area contributed by atoms with Crippen LogP contribution in [-0.2, 0) is 4.79 Å². The number of likely N-dealkylation sites (N-methyl/N-ethyl adjacent to an activating group) is 1. The Morgan fingerprint density at radius 2 is 1.58 bits per heavy atom. The molecule has 0 unspecified atom stereocenters. The summed E-state index contributed by atoms with van der Waals surface area (Å²) in [5.41, 5.74) is 0. The molecule has 0 spiro atoms. The first-order chi connectivity index (χ1) is 11.8. The Balaban J connectivity index is 1.38. The number of anilines is 1. The largest absolute Gasteiger partial charge is 0.339 e. The molecule has 7 nitrogen and oxygen atoms in total. The van der Waals surface area contributed by atoms with Gasteiger partial charge in [0.2, 0.25) is 11.9 Å². The predicted octanol–water partition coefficient (Wildman–Crippen LogP) is 0.153. The van der Waals surface area contributed by atoms with Gasteiger partial charge < -0.3 is 19.6 Å². The molecule has 2 fully saturated rings. The fourth-order valence-corrected chi connectivity index (χ4v) is 3.35. The zero-order valence-electron chi connectivity index (χ0n) is 14.6. The van der Waals surface area contributed by atoms with Gasteiger partial charge in [-0.25, -0.2) is 9.97 Å². The number of hydrogen-bond donors (Lipinski definition) is 0. The number of piperazine rings is 2. The Kier molecular flexibility index (Phi) is 5.98. The molecule has 0 saturated carbocycles. The quantitative estimate of drug-likeness (QED) is 0.765. The molecule has 7 heteroatoms. The summed E-state index contributed by atoms with van der Waals surface area (Å²) in [5.74, 6) is 1.04. The van der Waals surface area contributed by atoms with E-state index in [1.165, 1.54) is 0 Å². The summed E-state index contributed by atoms with van der Waals surface area (Å²) in [6, 6.07) is 1.82. The molecule has 0 atom stereocenters. The van der Waals surface area contributed by atoms with Crippen LogP contribution < -0.4 is 4.90 Å². The monoisotopic (exact) mass is 332 g/mol. The molecule has 2 aliphatic rings. The average Bonchev–Trinajstić information content (AvgIpc) is 2.67. The molecule has 3 rings (SSSR count). The van der Waals surface area contributed by atoms with Crippen molar-refractivity contribution in [3.8, 4) is 0 Å². The van der Waals surface area contributed by atoms with Crippen LogP contribution in [0.15, 0.2) is 18.5 Å². The van der Waals surface area contributed by atoms with Crippen molar-refractivity contribution in [3.63, 3.8) is 0 Å². The number of rotatable bonds is 5. The van der Waals surface area contributed by atoms with Crippen molar-refractivity contribution in [1.82, 2.24) is 24.7 Å². The zero-order chi connectivity index (χ0) is 16.8. The van der Waals surface area contributed by atoms with Crippen molar-refractivity contribution >= 4 is 11.9 Å². The minimum atomic E-state index is 0.279. The van der Waals surface area contributed by atoms with E-state index in [4.69, 9.17) is 0 Å². The van der Waals surface area contributed by atoms with Crippen molar-refractivity contribution in [2.45, 2.75) is 13.3 Å². The Labute approximate surface area is 144 Å². The van der Waals surface area contributed by atoms with E-state index in [0.717, 1.165) is 71.4 Å². The maximum absolute atomic E-state index is 12.4. The van der Waals surface area contributed by atoms with Gasteiger partial charge in [0.15, 0.2) is 0 Å². The van der Waals surface area contributed by atoms with Gasteiger partial charge >= 0.3 is 0 Å². The van der Waals surface area contributed by atoms with Gasteiger partial charge in [-0.1, -0.05) is 6.92 Å². The molecule has 1 aromatic heterocycles. The molecule has 132 valence electrons. The first kappa shape index (κ1) is 17.1. The van der Waals surface area contributed by atoms with Gasteiger partial charge in [-0.05, 0) is 12.6 Å². The highest BCUT2D eigenvalue weighted by atomic mass is 16.2. The number of aromatic nitrogens is 2. The molecule has 0 N–H and O–H groups in total. The molecule has 24 heavy (non-hydrogen) atoms. The summed E-state index contributed by atoms with van der Waals surface area (Å²) in [6.07, 6.45) is 4.16. The van der Waals surface area contributed by atoms with Crippen LogP contribution in [0, 0.1) is 0 Å². The van der Waals surface area contributed by atoms with Crippen LogP contribution in [0.2, 0.25) is 0 Å². The van der Waals surface area contributed by atoms with Crippen LogP contribution in [0.25, 0.3) is 0 Å². The van der Waals surface area contributed by atoms with E-state index in [1.807, 2.05) is 11.0 Å². The van der Waals surface area contributed by atoms with Gasteiger partial charge in [0.05, 0.1) is 0 Å². The molecular formula is C17H28N6O. The number of nitrogens with zero attached hydrogens (tertiary/aromatic N) is 6. The van der Waals surface area contributed by atoms with Crippen molar-refractivity contribution in [2.24, 2.45) is 0 Å². The molecule has 0 bridgehead atoms. The SMILES string of the molecule is CCN1CCN(CCC(=O)N2CCN(c3ncccn3)CC2)CC1. The summed E-state index contributed by atoms with van der Waals surface area (Å²) in [7, 11) is 0. The minimum absolute atomic E-state index is 0.279. The van der Waals surface area contributed by atoms with Crippen molar-refractivity contribution < 1.29 is 4.79 Å². The van der Waals surface area contributed by atoms with Crippen LogP contribution in [0.1, 0.15) is 13.3 Å². The van der Waals surface area contributed by atoms with Crippen molar-refractivity contribution in [3.05, 3.63) is 18.5 Å². The molecule has 0 aliphatic carbocycles. The minimum Gasteiger partial charge on any atom is -0.339 e. The van der Waals surface area contributed by atoms with Gasteiger partial charge in [0.1, 0.15) is 0 Å². The number of carbonyl (C=O) groups excluding carboxylic acids is 1. The third kappa shape index (κ3) is 4.42. The third-order valence-corrected chi connectivity index (χ3v) is 5.02. The van der Waals surface area contributed by atoms with Crippen LogP contribution in [0.4, 0.5) is 5.95 Å². The molecule has 2 saturated heterocycles. The Morgan fingerprint density at radius 1 is 0.958 bits per heavy atom. The normalized spacial score (nSPS) is 20.4. The Hall–Kier alpha value is -1.73. The van der Waals surface area contributed by atoms with Gasteiger partial charge in [0.25, 0.3) is 0 Å². The predicted molar refractivity (Wildman–Crippen MR) is 94.0 cm³/mol. The fraction of sp³-hybridized carbons (Fsp3) is 0.706. The van der Waals surface area contributed by atoms with Crippen LogP contribution in [0.3, 0.4) is 0 Å². The van der Waals surface area contributed by atoms with E-state index in [1.54, 1.807) is 12.4 Å². The highest BCUT2D eigenvalue weighted by Gasteiger charge is 2.23. The average molecular weight is 332 g/mol. The second-order valence-electron chi connectivity index (χ2n) is 6.44. The summed E-state index contributed by atoms with van der Waals surface area (Å²) < 4.78 is 0. The maximum Gasteiger partial charge on any atom is 0.225 e. The van der Waals surface area contributed by atoms with E-state index in [9.17, 15) is 4.79 Å². The lowest BCUT2D eigenvalue weighted by Gasteiger charge is -2.36. The number of hydrogen-bond acceptors (Lipinski definition) is 6. The van der Waals surface area contributed by atoms with Gasteiger partial charge in [-0.15, -0.1) is 0 Å². The van der Waals surface area contributed by atoms with E-state index in [2.05, 4.69) is 31.6 Å². The molecule has 0 aromatic carbocycles. The first-order valence-electron chi connectivity index (χ1n) is 9.00. The Morgan fingerprint density at radius 3 is 2.21 bits per heavy atom. The third-order valence-electron chi connectivity index (χ3n) is 5.02. The summed E-state index contributed by atoms with van der Waals surface area (Å²) in [5, 5.41) is 0. The van der Waals surface area contributed by atoms with Crippen molar-refractivity contribution in [1.29, 1.82) is 0 Å². The van der Waals surface area contributed by atoms with Crippen LogP contribution >= 0.6 is 0 Å². The smallest absolute Gasteiger partial charge is 0.225 e. The van der Waals surface area contributed by atoms with E-state index >= 15 is 0 Å². The summed E-state index contributed by atoms with van der Waals surface area (Å²) in [6.45, 7) is 11.8. The fourth-order valence-electron chi connectivity index (χ4n) is 3.35. The van der Waals surface area contributed by atoms with Gasteiger partial charge in [-0.3, -0.25) is 4.79 Å². The van der Waals surface area contributed by atoms with E-state index in [0.29, 0.717) is 6.42 Å². The second-order valence-corrected chi connectivity index (χ2v) is 6.44. The van der Waals surface area contributed by atoms with Crippen LogP contribution in [-0.4, -0.2) is 96.0 Å². The standard InChI is InChI=1S/C17H28N6O/c1-2-20-8-10-21(11-9-20)7-4-16(24)22-12-14-23(15-13-22)17-18-5-3-6-19-17/h3,5-6H,2,4,7-15H2,1H3. The summed E-state index contributed by atoms with van der Waals surface area (Å²) >= 11 is 0. The number of carbonyl (C=O) groups is 1. The van der Waals surface area contributed by atoms with E-state index in [-0.39, 0.29) is 5.91 Å². The lowest BCUT2D eigenvalue weighted by atomic mass is 10.2. The zero-order valence-corrected chi connectivity index (χ0v) is 14.6. The van der Waals surface area contributed by atoms with Gasteiger partial charge in [-0.2, -0.15) is 0 Å². The van der Waals surface area contributed by atoms with Crippen molar-refractivity contribution in [2.75, 3.05) is 70.3 Å². The maximum atomic E-state index is 12.4. The first-order valence-corrected chi connectivity index (χ1v) is 9.00. The molecular weight excluding hydrogens is 304 g/mol.